The molecule has 1 amide bonds. The number of likely N-dealkylation sites (tertiary alicyclic amines) is 1. The first-order chi connectivity index (χ1) is 10.7. The van der Waals surface area contributed by atoms with Gasteiger partial charge in [0.2, 0.25) is 5.13 Å². The van der Waals surface area contributed by atoms with Crippen LogP contribution < -0.4 is 5.32 Å². The van der Waals surface area contributed by atoms with Gasteiger partial charge in [-0.3, -0.25) is 15.0 Å². The van der Waals surface area contributed by atoms with E-state index in [4.69, 9.17) is 11.6 Å². The van der Waals surface area contributed by atoms with Gasteiger partial charge in [0.1, 0.15) is 5.01 Å². The van der Waals surface area contributed by atoms with Crippen molar-refractivity contribution < 1.29 is 4.79 Å². The van der Waals surface area contributed by atoms with Gasteiger partial charge in [0.05, 0.1) is 6.54 Å². The number of aromatic nitrogens is 2. The molecule has 1 N–H and O–H groups in total. The lowest BCUT2D eigenvalue weighted by molar-refractivity contribution is 0.102. The van der Waals surface area contributed by atoms with Crippen LogP contribution in [0, 0.1) is 0 Å². The molecule has 0 saturated carbocycles. The molecule has 7 heteroatoms. The fraction of sp³-hybridized carbons (Fsp3) is 0.400. The normalized spacial score (nSPS) is 15.7. The number of amides is 1. The van der Waals surface area contributed by atoms with Gasteiger partial charge in [-0.2, -0.15) is 0 Å². The van der Waals surface area contributed by atoms with Crippen LogP contribution in [0.4, 0.5) is 5.13 Å². The van der Waals surface area contributed by atoms with Crippen molar-refractivity contribution in [3.63, 3.8) is 0 Å². The molecule has 0 aliphatic carbocycles. The van der Waals surface area contributed by atoms with Crippen LogP contribution in [0.2, 0.25) is 5.02 Å². The average molecular weight is 337 g/mol. The van der Waals surface area contributed by atoms with Crippen LogP contribution >= 0.6 is 22.9 Å². The number of hydrogen-bond donors (Lipinski definition) is 1. The molecule has 2 heterocycles. The Morgan fingerprint density at radius 2 is 1.91 bits per heavy atom. The van der Waals surface area contributed by atoms with Gasteiger partial charge in [-0.1, -0.05) is 29.4 Å². The molecule has 0 spiro atoms. The van der Waals surface area contributed by atoms with Crippen molar-refractivity contribution in [2.75, 3.05) is 18.4 Å². The summed E-state index contributed by atoms with van der Waals surface area (Å²) in [7, 11) is 0. The smallest absolute Gasteiger partial charge is 0.257 e. The number of carbonyl (C=O) groups is 1. The number of hydrogen-bond acceptors (Lipinski definition) is 5. The van der Waals surface area contributed by atoms with Gasteiger partial charge in [0.25, 0.3) is 5.91 Å². The van der Waals surface area contributed by atoms with E-state index in [2.05, 4.69) is 20.4 Å². The zero-order valence-corrected chi connectivity index (χ0v) is 13.7. The van der Waals surface area contributed by atoms with Gasteiger partial charge in [0, 0.05) is 10.6 Å². The maximum atomic E-state index is 12.1. The van der Waals surface area contributed by atoms with Gasteiger partial charge in [-0.25, -0.2) is 0 Å². The molecule has 0 bridgehead atoms. The number of nitrogens with one attached hydrogen (secondary N) is 1. The van der Waals surface area contributed by atoms with Gasteiger partial charge in [-0.15, -0.1) is 10.2 Å². The summed E-state index contributed by atoms with van der Waals surface area (Å²) >= 11 is 7.25. The first kappa shape index (κ1) is 15.4. The van der Waals surface area contributed by atoms with Gasteiger partial charge < -0.3 is 0 Å². The molecule has 1 aliphatic heterocycles. The second-order valence-corrected chi connectivity index (χ2v) is 6.80. The Balaban J connectivity index is 1.58. The zero-order chi connectivity index (χ0) is 15.4. The molecule has 22 heavy (non-hydrogen) atoms. The Kier molecular flexibility index (Phi) is 5.02. The van der Waals surface area contributed by atoms with E-state index in [1.54, 1.807) is 24.3 Å². The number of nitrogens with zero attached hydrogens (tertiary/aromatic N) is 3. The predicted molar refractivity (Wildman–Crippen MR) is 88.4 cm³/mol. The largest absolute Gasteiger partial charge is 0.297 e. The maximum Gasteiger partial charge on any atom is 0.257 e. The number of rotatable bonds is 4. The van der Waals surface area contributed by atoms with Crippen LogP contribution in [0.1, 0.15) is 34.6 Å². The van der Waals surface area contributed by atoms with Crippen molar-refractivity contribution in [3.05, 3.63) is 39.9 Å². The minimum Gasteiger partial charge on any atom is -0.297 e. The van der Waals surface area contributed by atoms with E-state index in [1.807, 2.05) is 0 Å². The summed E-state index contributed by atoms with van der Waals surface area (Å²) in [5.74, 6) is -0.197. The van der Waals surface area contributed by atoms with Crippen molar-refractivity contribution in [1.82, 2.24) is 15.1 Å². The van der Waals surface area contributed by atoms with Crippen molar-refractivity contribution in [1.29, 1.82) is 0 Å². The van der Waals surface area contributed by atoms with Crippen LogP contribution in [0.5, 0.6) is 0 Å². The monoisotopic (exact) mass is 336 g/mol. The summed E-state index contributed by atoms with van der Waals surface area (Å²) in [5, 5.41) is 13.1. The molecule has 0 radical (unpaired) electrons. The van der Waals surface area contributed by atoms with Crippen LogP contribution in [0.25, 0.3) is 0 Å². The number of benzene rings is 1. The minimum absolute atomic E-state index is 0.197. The highest BCUT2D eigenvalue weighted by molar-refractivity contribution is 7.15. The second-order valence-electron chi connectivity index (χ2n) is 5.30. The van der Waals surface area contributed by atoms with Crippen LogP contribution in [-0.4, -0.2) is 34.1 Å². The standard InChI is InChI=1S/C15H17ClN4OS/c16-12-6-4-11(5-7-12)14(21)17-15-19-18-13(22-15)10-20-8-2-1-3-9-20/h4-7H,1-3,8-10H2,(H,17,19,21). The Morgan fingerprint density at radius 3 is 2.64 bits per heavy atom. The van der Waals surface area contributed by atoms with E-state index in [0.717, 1.165) is 24.6 Å². The minimum atomic E-state index is -0.197. The van der Waals surface area contributed by atoms with Crippen LogP contribution in [-0.2, 0) is 6.54 Å². The van der Waals surface area contributed by atoms with Crippen LogP contribution in [0.15, 0.2) is 24.3 Å². The second kappa shape index (κ2) is 7.17. The fourth-order valence-electron chi connectivity index (χ4n) is 2.45. The summed E-state index contributed by atoms with van der Waals surface area (Å²) in [6.45, 7) is 3.05. The number of halogens is 1. The highest BCUT2D eigenvalue weighted by Gasteiger charge is 2.14. The molecule has 1 aliphatic rings. The molecule has 0 unspecified atom stereocenters. The molecular weight excluding hydrogens is 320 g/mol. The quantitative estimate of drug-likeness (QED) is 0.929. The Morgan fingerprint density at radius 1 is 1.18 bits per heavy atom. The molecule has 116 valence electrons. The molecule has 3 rings (SSSR count). The van der Waals surface area contributed by atoms with Gasteiger partial charge in [-0.05, 0) is 50.2 Å². The number of anilines is 1. The Labute approximate surface area is 138 Å². The van der Waals surface area contributed by atoms with Crippen molar-refractivity contribution >= 4 is 34.0 Å². The molecule has 1 aromatic carbocycles. The van der Waals surface area contributed by atoms with Crippen molar-refractivity contribution in [2.24, 2.45) is 0 Å². The summed E-state index contributed by atoms with van der Waals surface area (Å²) in [5.41, 5.74) is 0.553. The lowest BCUT2D eigenvalue weighted by Gasteiger charge is -2.24. The predicted octanol–water partition coefficient (Wildman–Crippen LogP) is 3.43. The molecule has 1 aromatic heterocycles. The van der Waals surface area contributed by atoms with E-state index in [9.17, 15) is 4.79 Å². The Bertz CT molecular complexity index is 637. The van der Waals surface area contributed by atoms with Crippen molar-refractivity contribution in [2.45, 2.75) is 25.8 Å². The molecule has 1 fully saturated rings. The van der Waals surface area contributed by atoms with Crippen LogP contribution in [0.3, 0.4) is 0 Å². The number of carbonyl (C=O) groups excluding carboxylic acids is 1. The SMILES string of the molecule is O=C(Nc1nnc(CN2CCCCC2)s1)c1ccc(Cl)cc1. The molecule has 0 atom stereocenters. The summed E-state index contributed by atoms with van der Waals surface area (Å²) in [4.78, 5) is 14.5. The molecule has 5 nitrogen and oxygen atoms in total. The van der Waals surface area contributed by atoms with Gasteiger partial charge in [0.15, 0.2) is 0 Å². The summed E-state index contributed by atoms with van der Waals surface area (Å²) < 4.78 is 0. The topological polar surface area (TPSA) is 58.1 Å². The Hall–Kier alpha value is -1.50. The first-order valence-corrected chi connectivity index (χ1v) is 8.52. The van der Waals surface area contributed by atoms with Crippen molar-refractivity contribution in [3.8, 4) is 0 Å². The van der Waals surface area contributed by atoms with E-state index in [0.29, 0.717) is 15.7 Å². The molecular formula is C15H17ClN4OS. The summed E-state index contributed by atoms with van der Waals surface area (Å²) in [6.07, 6.45) is 3.81. The fourth-order valence-corrected chi connectivity index (χ4v) is 3.35. The maximum absolute atomic E-state index is 12.1. The molecule has 1 saturated heterocycles. The summed E-state index contributed by atoms with van der Waals surface area (Å²) in [6, 6.07) is 6.76. The third-order valence-electron chi connectivity index (χ3n) is 3.60. The first-order valence-electron chi connectivity index (χ1n) is 7.32. The van der Waals surface area contributed by atoms with Gasteiger partial charge >= 0.3 is 0 Å². The van der Waals surface area contributed by atoms with E-state index < -0.39 is 0 Å². The van der Waals surface area contributed by atoms with E-state index in [-0.39, 0.29) is 5.91 Å². The average Bonchev–Trinajstić information content (AvgIpc) is 2.96. The van der Waals surface area contributed by atoms with E-state index >= 15 is 0 Å². The van der Waals surface area contributed by atoms with E-state index in [1.165, 1.54) is 30.6 Å². The zero-order valence-electron chi connectivity index (χ0n) is 12.1. The number of piperidine rings is 1. The third kappa shape index (κ3) is 4.03. The highest BCUT2D eigenvalue weighted by Crippen LogP contribution is 2.20. The highest BCUT2D eigenvalue weighted by atomic mass is 35.5. The molecule has 2 aromatic rings. The lowest BCUT2D eigenvalue weighted by atomic mass is 10.1. The third-order valence-corrected chi connectivity index (χ3v) is 4.68. The lowest BCUT2D eigenvalue weighted by Crippen LogP contribution is -2.28.